The number of anilines is 1. The summed E-state index contributed by atoms with van der Waals surface area (Å²) in [5.74, 6) is 0. The predicted octanol–water partition coefficient (Wildman–Crippen LogP) is 3.37. The number of rotatable bonds is 7. The minimum absolute atomic E-state index is 0.0942. The van der Waals surface area contributed by atoms with Crippen LogP contribution in [0.4, 0.5) is 11.4 Å². The number of benzene rings is 1. The fourth-order valence-corrected chi connectivity index (χ4v) is 2.43. The van der Waals surface area contributed by atoms with Gasteiger partial charge in [-0.3, -0.25) is 15.1 Å². The summed E-state index contributed by atoms with van der Waals surface area (Å²) in [6, 6.07) is 5.11. The molecule has 0 aliphatic heterocycles. The highest BCUT2D eigenvalue weighted by Crippen LogP contribution is 2.31. The molecular weight excluding hydrogens is 270 g/mol. The van der Waals surface area contributed by atoms with Crippen LogP contribution in [-0.4, -0.2) is 29.7 Å². The van der Waals surface area contributed by atoms with E-state index in [2.05, 4.69) is 17.2 Å². The molecule has 2 rings (SSSR count). The normalized spacial score (nSPS) is 12.3. The highest BCUT2D eigenvalue weighted by molar-refractivity contribution is 5.99. The smallest absolute Gasteiger partial charge is 0.277 e. The zero-order valence-corrected chi connectivity index (χ0v) is 12.2. The van der Waals surface area contributed by atoms with Gasteiger partial charge in [-0.2, -0.15) is 0 Å². The number of nitrogens with zero attached hydrogens (tertiary/aromatic N) is 2. The summed E-state index contributed by atoms with van der Waals surface area (Å²) in [4.78, 5) is 14.8. The van der Waals surface area contributed by atoms with Gasteiger partial charge in [-0.15, -0.1) is 0 Å². The molecule has 1 heterocycles. The van der Waals surface area contributed by atoms with E-state index in [1.54, 1.807) is 31.6 Å². The summed E-state index contributed by atoms with van der Waals surface area (Å²) in [6.07, 6.45) is 5.22. The van der Waals surface area contributed by atoms with Crippen molar-refractivity contribution in [3.63, 3.8) is 0 Å². The number of ether oxygens (including phenoxy) is 1. The molecule has 1 aromatic heterocycles. The van der Waals surface area contributed by atoms with E-state index in [-0.39, 0.29) is 16.7 Å². The van der Waals surface area contributed by atoms with Gasteiger partial charge in [0.15, 0.2) is 0 Å². The van der Waals surface area contributed by atoms with Gasteiger partial charge < -0.3 is 10.1 Å². The van der Waals surface area contributed by atoms with Crippen molar-refractivity contribution in [1.82, 2.24) is 4.98 Å². The van der Waals surface area contributed by atoms with Crippen LogP contribution in [0.1, 0.15) is 19.8 Å². The zero-order valence-electron chi connectivity index (χ0n) is 12.2. The summed E-state index contributed by atoms with van der Waals surface area (Å²) in [5, 5.41) is 15.8. The monoisotopic (exact) mass is 289 g/mol. The van der Waals surface area contributed by atoms with E-state index in [0.717, 1.165) is 23.9 Å². The van der Waals surface area contributed by atoms with Crippen molar-refractivity contribution in [2.45, 2.75) is 25.8 Å². The van der Waals surface area contributed by atoms with E-state index in [9.17, 15) is 10.1 Å². The van der Waals surface area contributed by atoms with Crippen molar-refractivity contribution in [3.8, 4) is 0 Å². The zero-order chi connectivity index (χ0) is 15.2. The third-order valence-electron chi connectivity index (χ3n) is 3.36. The third kappa shape index (κ3) is 3.46. The minimum Gasteiger partial charge on any atom is -0.383 e. The molecule has 1 N–H and O–H groups in total. The third-order valence-corrected chi connectivity index (χ3v) is 3.36. The Morgan fingerprint density at radius 2 is 2.19 bits per heavy atom. The number of hydrogen-bond acceptors (Lipinski definition) is 5. The molecule has 2 aromatic rings. The van der Waals surface area contributed by atoms with Crippen molar-refractivity contribution in [2.75, 3.05) is 19.0 Å². The largest absolute Gasteiger partial charge is 0.383 e. The van der Waals surface area contributed by atoms with Crippen LogP contribution >= 0.6 is 0 Å². The van der Waals surface area contributed by atoms with Crippen LogP contribution in [0.2, 0.25) is 0 Å². The lowest BCUT2D eigenvalue weighted by atomic mass is 10.1. The highest BCUT2D eigenvalue weighted by atomic mass is 16.6. The standard InChI is InChI=1S/C15H19N3O3/c1-3-4-11(10-21-2)17-14-5-6-15(18(19)20)12-7-8-16-9-13(12)14/h5-9,11,17H,3-4,10H2,1-2H3. The molecule has 112 valence electrons. The Morgan fingerprint density at radius 3 is 2.86 bits per heavy atom. The molecule has 21 heavy (non-hydrogen) atoms. The molecule has 0 bridgehead atoms. The van der Waals surface area contributed by atoms with E-state index in [1.165, 1.54) is 6.07 Å². The first-order valence-corrected chi connectivity index (χ1v) is 6.94. The molecule has 0 saturated carbocycles. The molecule has 0 spiro atoms. The molecule has 0 aliphatic carbocycles. The SMILES string of the molecule is CCCC(COC)Nc1ccc([N+](=O)[O-])c2ccncc12. The quantitative estimate of drug-likeness (QED) is 0.624. The van der Waals surface area contributed by atoms with Crippen molar-refractivity contribution in [1.29, 1.82) is 0 Å². The first-order chi connectivity index (χ1) is 10.2. The number of nitro groups is 1. The first-order valence-electron chi connectivity index (χ1n) is 6.94. The van der Waals surface area contributed by atoms with Gasteiger partial charge in [-0.25, -0.2) is 0 Å². The Bertz CT molecular complexity index is 625. The molecule has 6 heteroatoms. The van der Waals surface area contributed by atoms with E-state index >= 15 is 0 Å². The summed E-state index contributed by atoms with van der Waals surface area (Å²) < 4.78 is 5.22. The van der Waals surface area contributed by atoms with Crippen LogP contribution in [0.25, 0.3) is 10.8 Å². The molecule has 0 aliphatic rings. The van der Waals surface area contributed by atoms with Gasteiger partial charge in [0.2, 0.25) is 0 Å². The fourth-order valence-electron chi connectivity index (χ4n) is 2.43. The fraction of sp³-hybridized carbons (Fsp3) is 0.400. The van der Waals surface area contributed by atoms with Crippen LogP contribution in [0.15, 0.2) is 30.6 Å². The second-order valence-electron chi connectivity index (χ2n) is 4.90. The van der Waals surface area contributed by atoms with Crippen molar-refractivity contribution < 1.29 is 9.66 Å². The lowest BCUT2D eigenvalue weighted by Gasteiger charge is -2.19. The Balaban J connectivity index is 2.40. The molecule has 0 amide bonds. The number of hydrogen-bond donors (Lipinski definition) is 1. The predicted molar refractivity (Wildman–Crippen MR) is 82.6 cm³/mol. The van der Waals surface area contributed by atoms with Crippen molar-refractivity contribution in [3.05, 3.63) is 40.7 Å². The first kappa shape index (κ1) is 15.2. The molecule has 0 radical (unpaired) electrons. The summed E-state index contributed by atoms with van der Waals surface area (Å²) in [6.45, 7) is 2.70. The van der Waals surface area contributed by atoms with Gasteiger partial charge in [0.1, 0.15) is 0 Å². The van der Waals surface area contributed by atoms with E-state index in [4.69, 9.17) is 4.74 Å². The topological polar surface area (TPSA) is 77.3 Å². The Hall–Kier alpha value is -2.21. The molecule has 1 aromatic carbocycles. The number of nitrogens with one attached hydrogen (secondary N) is 1. The number of aromatic nitrogens is 1. The Labute approximate surface area is 123 Å². The number of methoxy groups -OCH3 is 1. The lowest BCUT2D eigenvalue weighted by Crippen LogP contribution is -2.24. The van der Waals surface area contributed by atoms with Crippen LogP contribution in [0.3, 0.4) is 0 Å². The van der Waals surface area contributed by atoms with Gasteiger partial charge in [0.25, 0.3) is 5.69 Å². The highest BCUT2D eigenvalue weighted by Gasteiger charge is 2.16. The molecule has 0 fully saturated rings. The van der Waals surface area contributed by atoms with Gasteiger partial charge in [0, 0.05) is 42.7 Å². The lowest BCUT2D eigenvalue weighted by molar-refractivity contribution is -0.383. The Kier molecular flexibility index (Phi) is 5.05. The molecule has 1 atom stereocenters. The molecular formula is C15H19N3O3. The maximum Gasteiger partial charge on any atom is 0.277 e. The van der Waals surface area contributed by atoms with E-state index in [1.807, 2.05) is 0 Å². The minimum atomic E-state index is -0.370. The van der Waals surface area contributed by atoms with Gasteiger partial charge >= 0.3 is 0 Å². The summed E-state index contributed by atoms with van der Waals surface area (Å²) in [7, 11) is 1.67. The maximum absolute atomic E-state index is 11.1. The number of pyridine rings is 1. The summed E-state index contributed by atoms with van der Waals surface area (Å²) >= 11 is 0. The van der Waals surface area contributed by atoms with Gasteiger partial charge in [-0.05, 0) is 18.6 Å². The van der Waals surface area contributed by atoms with Crippen LogP contribution in [0, 0.1) is 10.1 Å². The molecule has 1 unspecified atom stereocenters. The number of nitro benzene ring substituents is 1. The molecule has 0 saturated heterocycles. The van der Waals surface area contributed by atoms with Crippen LogP contribution < -0.4 is 5.32 Å². The number of fused-ring (bicyclic) bond motifs is 1. The van der Waals surface area contributed by atoms with Gasteiger partial charge in [0.05, 0.1) is 16.9 Å². The maximum atomic E-state index is 11.1. The average Bonchev–Trinajstić information content (AvgIpc) is 2.47. The molecule has 6 nitrogen and oxygen atoms in total. The van der Waals surface area contributed by atoms with E-state index in [0.29, 0.717) is 12.0 Å². The van der Waals surface area contributed by atoms with E-state index < -0.39 is 0 Å². The van der Waals surface area contributed by atoms with Crippen molar-refractivity contribution >= 4 is 22.1 Å². The number of non-ortho nitro benzene ring substituents is 1. The summed E-state index contributed by atoms with van der Waals surface area (Å²) in [5.41, 5.74) is 0.941. The van der Waals surface area contributed by atoms with Crippen LogP contribution in [-0.2, 0) is 4.74 Å². The second-order valence-corrected chi connectivity index (χ2v) is 4.90. The van der Waals surface area contributed by atoms with Crippen molar-refractivity contribution in [2.24, 2.45) is 0 Å². The van der Waals surface area contributed by atoms with Crippen LogP contribution in [0.5, 0.6) is 0 Å². The second kappa shape index (κ2) is 6.99. The average molecular weight is 289 g/mol. The Morgan fingerprint density at radius 1 is 1.38 bits per heavy atom. The van der Waals surface area contributed by atoms with Gasteiger partial charge in [-0.1, -0.05) is 13.3 Å².